The molecule has 1 atom stereocenters. The number of rotatable bonds is 5. The van der Waals surface area contributed by atoms with Gasteiger partial charge in [0.05, 0.1) is 11.8 Å². The van der Waals surface area contributed by atoms with Gasteiger partial charge in [-0.3, -0.25) is 4.79 Å². The maximum Gasteiger partial charge on any atom is 0.251 e. The smallest absolute Gasteiger partial charge is 0.251 e. The van der Waals surface area contributed by atoms with Crippen LogP contribution in [0.2, 0.25) is 0 Å². The molecule has 0 saturated heterocycles. The predicted octanol–water partition coefficient (Wildman–Crippen LogP) is 3.44. The summed E-state index contributed by atoms with van der Waals surface area (Å²) in [5.41, 5.74) is 8.11. The van der Waals surface area contributed by atoms with Crippen molar-refractivity contribution in [3.63, 3.8) is 0 Å². The van der Waals surface area contributed by atoms with E-state index in [-0.39, 0.29) is 24.2 Å². The average molecular weight is 354 g/mol. The minimum absolute atomic E-state index is 0.107. The predicted molar refractivity (Wildman–Crippen MR) is 102 cm³/mol. The number of ether oxygens (including phenoxy) is 1. The molecular formula is C21H26N2O3. The molecule has 4 N–H and O–H groups in total. The second kappa shape index (κ2) is 8.23. The monoisotopic (exact) mass is 354 g/mol. The molecule has 3 rings (SSSR count). The molecule has 1 saturated carbocycles. The normalized spacial score (nSPS) is 21.0. The van der Waals surface area contributed by atoms with Crippen LogP contribution in [0.5, 0.6) is 5.75 Å². The number of benzene rings is 2. The average Bonchev–Trinajstić information content (AvgIpc) is 2.66. The number of amides is 1. The minimum atomic E-state index is -0.237. The van der Waals surface area contributed by atoms with E-state index < -0.39 is 0 Å². The fourth-order valence-electron chi connectivity index (χ4n) is 3.25. The van der Waals surface area contributed by atoms with Gasteiger partial charge in [-0.2, -0.15) is 0 Å². The van der Waals surface area contributed by atoms with E-state index in [1.54, 1.807) is 18.2 Å². The summed E-state index contributed by atoms with van der Waals surface area (Å²) in [4.78, 5) is 12.5. The summed E-state index contributed by atoms with van der Waals surface area (Å²) in [5, 5.41) is 12.6. The highest BCUT2D eigenvalue weighted by atomic mass is 16.5. The van der Waals surface area contributed by atoms with E-state index in [1.807, 2.05) is 37.3 Å². The van der Waals surface area contributed by atoms with Crippen LogP contribution in [0.3, 0.4) is 0 Å². The molecule has 2 aromatic carbocycles. The molecule has 0 aliphatic heterocycles. The Kier molecular flexibility index (Phi) is 5.78. The second-order valence-electron chi connectivity index (χ2n) is 6.90. The van der Waals surface area contributed by atoms with Crippen LogP contribution >= 0.6 is 0 Å². The number of nitrogens with two attached hydrogens (primary N) is 1. The summed E-state index contributed by atoms with van der Waals surface area (Å²) in [6.45, 7) is 1.95. The minimum Gasteiger partial charge on any atom is -0.484 e. The second-order valence-corrected chi connectivity index (χ2v) is 6.90. The maximum absolute atomic E-state index is 12.5. The van der Waals surface area contributed by atoms with Crippen LogP contribution < -0.4 is 15.8 Å². The number of carbonyl (C=O) groups is 1. The van der Waals surface area contributed by atoms with Crippen molar-refractivity contribution >= 4 is 11.6 Å². The molecule has 0 aromatic heterocycles. The fourth-order valence-corrected chi connectivity index (χ4v) is 3.25. The lowest BCUT2D eigenvalue weighted by Crippen LogP contribution is -2.38. The lowest BCUT2D eigenvalue weighted by molar-refractivity contribution is 0.0867. The third-order valence-electron chi connectivity index (χ3n) is 4.88. The maximum atomic E-state index is 12.5. The number of carbonyl (C=O) groups excluding carboxylic acids is 1. The number of anilines is 1. The van der Waals surface area contributed by atoms with Crippen LogP contribution in [-0.2, 0) is 0 Å². The van der Waals surface area contributed by atoms with E-state index >= 15 is 0 Å². The topological polar surface area (TPSA) is 84.6 Å². The van der Waals surface area contributed by atoms with Crippen molar-refractivity contribution < 1.29 is 14.6 Å². The van der Waals surface area contributed by atoms with E-state index in [2.05, 4.69) is 5.32 Å². The van der Waals surface area contributed by atoms with Gasteiger partial charge in [0.1, 0.15) is 11.9 Å². The summed E-state index contributed by atoms with van der Waals surface area (Å²) in [6.07, 6.45) is 2.66. The lowest BCUT2D eigenvalue weighted by Gasteiger charge is -2.26. The Labute approximate surface area is 154 Å². The van der Waals surface area contributed by atoms with Gasteiger partial charge in [-0.1, -0.05) is 30.3 Å². The molecule has 0 bridgehead atoms. The van der Waals surface area contributed by atoms with Crippen LogP contribution in [0.1, 0.15) is 54.6 Å². The van der Waals surface area contributed by atoms with E-state index in [0.29, 0.717) is 17.0 Å². The Balaban J connectivity index is 1.68. The Morgan fingerprint density at radius 1 is 1.15 bits per heavy atom. The number of hydrogen-bond acceptors (Lipinski definition) is 4. The molecule has 1 aliphatic carbocycles. The van der Waals surface area contributed by atoms with E-state index in [0.717, 1.165) is 31.2 Å². The molecule has 0 unspecified atom stereocenters. The molecule has 0 heterocycles. The van der Waals surface area contributed by atoms with Gasteiger partial charge in [0.25, 0.3) is 5.91 Å². The van der Waals surface area contributed by atoms with Crippen molar-refractivity contribution in [2.45, 2.75) is 50.9 Å². The number of nitrogen functional groups attached to an aromatic ring is 1. The first kappa shape index (κ1) is 18.3. The van der Waals surface area contributed by atoms with Gasteiger partial charge in [-0.15, -0.1) is 0 Å². The first-order valence-electron chi connectivity index (χ1n) is 9.13. The van der Waals surface area contributed by atoms with Crippen LogP contribution in [-0.4, -0.2) is 23.2 Å². The van der Waals surface area contributed by atoms with Crippen molar-refractivity contribution in [2.24, 2.45) is 0 Å². The zero-order valence-electron chi connectivity index (χ0n) is 15.0. The molecule has 26 heavy (non-hydrogen) atoms. The standard InChI is InChI=1S/C21H26N2O3/c1-14(15-5-3-2-4-6-15)26-20-13-16(7-12-19(20)22)21(25)23-17-8-10-18(24)11-9-17/h2-7,12-14,17-18,24H,8-11,22H2,1H3,(H,23,25)/t14-,17?,18?/m0/s1. The summed E-state index contributed by atoms with van der Waals surface area (Å²) in [5.74, 6) is 0.372. The molecule has 0 spiro atoms. The van der Waals surface area contributed by atoms with Crippen molar-refractivity contribution in [1.29, 1.82) is 0 Å². The zero-order valence-corrected chi connectivity index (χ0v) is 15.0. The number of hydrogen-bond donors (Lipinski definition) is 3. The molecule has 1 amide bonds. The number of aliphatic hydroxyl groups excluding tert-OH is 1. The first-order chi connectivity index (χ1) is 12.5. The van der Waals surface area contributed by atoms with E-state index in [1.165, 1.54) is 0 Å². The third kappa shape index (κ3) is 4.55. The molecular weight excluding hydrogens is 328 g/mol. The highest BCUT2D eigenvalue weighted by Gasteiger charge is 2.21. The SMILES string of the molecule is C[C@H](Oc1cc(C(=O)NC2CCC(O)CC2)ccc1N)c1ccccc1. The van der Waals surface area contributed by atoms with Crippen LogP contribution in [0.15, 0.2) is 48.5 Å². The fraction of sp³-hybridized carbons (Fsp3) is 0.381. The Morgan fingerprint density at radius 2 is 1.85 bits per heavy atom. The quantitative estimate of drug-likeness (QED) is 0.718. The Morgan fingerprint density at radius 3 is 2.54 bits per heavy atom. The van der Waals surface area contributed by atoms with Crippen LogP contribution in [0.25, 0.3) is 0 Å². The van der Waals surface area contributed by atoms with Gasteiger partial charge in [0.15, 0.2) is 0 Å². The van der Waals surface area contributed by atoms with Crippen molar-refractivity contribution in [2.75, 3.05) is 5.73 Å². The third-order valence-corrected chi connectivity index (χ3v) is 4.88. The molecule has 0 radical (unpaired) electrons. The highest BCUT2D eigenvalue weighted by molar-refractivity contribution is 5.95. The van der Waals surface area contributed by atoms with Gasteiger partial charge in [-0.05, 0) is 56.4 Å². The summed E-state index contributed by atoms with van der Waals surface area (Å²) in [7, 11) is 0. The van der Waals surface area contributed by atoms with Gasteiger partial charge < -0.3 is 20.9 Å². The van der Waals surface area contributed by atoms with Crippen LogP contribution in [0.4, 0.5) is 5.69 Å². The van der Waals surface area contributed by atoms with Crippen molar-refractivity contribution in [3.05, 3.63) is 59.7 Å². The molecule has 2 aromatic rings. The van der Waals surface area contributed by atoms with Gasteiger partial charge >= 0.3 is 0 Å². The first-order valence-corrected chi connectivity index (χ1v) is 9.13. The van der Waals surface area contributed by atoms with Crippen molar-refractivity contribution in [3.8, 4) is 5.75 Å². The Bertz CT molecular complexity index is 740. The van der Waals surface area contributed by atoms with Gasteiger partial charge in [-0.25, -0.2) is 0 Å². The summed E-state index contributed by atoms with van der Waals surface area (Å²) < 4.78 is 5.99. The number of nitrogens with one attached hydrogen (secondary N) is 1. The molecule has 5 heteroatoms. The molecule has 5 nitrogen and oxygen atoms in total. The zero-order chi connectivity index (χ0) is 18.5. The summed E-state index contributed by atoms with van der Waals surface area (Å²) >= 11 is 0. The van der Waals surface area contributed by atoms with Crippen molar-refractivity contribution in [1.82, 2.24) is 5.32 Å². The molecule has 1 fully saturated rings. The molecule has 138 valence electrons. The summed E-state index contributed by atoms with van der Waals surface area (Å²) in [6, 6.07) is 15.1. The van der Waals surface area contributed by atoms with Crippen LogP contribution in [0, 0.1) is 0 Å². The Hall–Kier alpha value is -2.53. The van der Waals surface area contributed by atoms with E-state index in [9.17, 15) is 9.90 Å². The van der Waals surface area contributed by atoms with E-state index in [4.69, 9.17) is 10.5 Å². The number of aliphatic hydroxyl groups is 1. The van der Waals surface area contributed by atoms with Gasteiger partial charge in [0.2, 0.25) is 0 Å². The highest BCUT2D eigenvalue weighted by Crippen LogP contribution is 2.28. The molecule has 1 aliphatic rings. The largest absolute Gasteiger partial charge is 0.484 e. The van der Waals surface area contributed by atoms with Gasteiger partial charge in [0, 0.05) is 11.6 Å². The lowest BCUT2D eigenvalue weighted by atomic mass is 9.93.